The molecule has 102 valence electrons. The van der Waals surface area contributed by atoms with E-state index in [1.165, 1.54) is 24.1 Å². The van der Waals surface area contributed by atoms with Gasteiger partial charge in [0.25, 0.3) is 0 Å². The molecular weight excluding hydrogens is 220 g/mol. The van der Waals surface area contributed by atoms with Gasteiger partial charge in [-0.25, -0.2) is 0 Å². The lowest BCUT2D eigenvalue weighted by atomic mass is 10.0. The van der Waals surface area contributed by atoms with Gasteiger partial charge in [0.15, 0.2) is 0 Å². The van der Waals surface area contributed by atoms with E-state index in [1.54, 1.807) is 0 Å². The van der Waals surface area contributed by atoms with Crippen LogP contribution in [0.3, 0.4) is 0 Å². The van der Waals surface area contributed by atoms with Gasteiger partial charge in [-0.1, -0.05) is 38.5 Å². The highest BCUT2D eigenvalue weighted by Gasteiger charge is 2.11. The Balaban J connectivity index is 2.84. The van der Waals surface area contributed by atoms with Crippen molar-refractivity contribution in [3.63, 3.8) is 0 Å². The second-order valence-corrected chi connectivity index (χ2v) is 4.93. The Morgan fingerprint density at radius 2 is 1.89 bits per heavy atom. The molecule has 0 fully saturated rings. The molecule has 0 aliphatic heterocycles. The summed E-state index contributed by atoms with van der Waals surface area (Å²) in [5.74, 6) is 0. The largest absolute Gasteiger partial charge is 0.372 e. The highest BCUT2D eigenvalue weighted by molar-refractivity contribution is 5.53. The molecule has 18 heavy (non-hydrogen) atoms. The van der Waals surface area contributed by atoms with E-state index >= 15 is 0 Å². The van der Waals surface area contributed by atoms with Gasteiger partial charge in [0.1, 0.15) is 0 Å². The monoisotopic (exact) mass is 248 g/mol. The van der Waals surface area contributed by atoms with E-state index in [-0.39, 0.29) is 6.04 Å². The Morgan fingerprint density at radius 3 is 2.50 bits per heavy atom. The quantitative estimate of drug-likeness (QED) is 0.761. The number of nitrogens with two attached hydrogens (primary N) is 1. The van der Waals surface area contributed by atoms with Gasteiger partial charge in [0, 0.05) is 24.8 Å². The molecule has 0 aliphatic carbocycles. The van der Waals surface area contributed by atoms with E-state index < -0.39 is 0 Å². The lowest BCUT2D eigenvalue weighted by Crippen LogP contribution is -2.27. The first-order valence-electron chi connectivity index (χ1n) is 7.31. The second-order valence-electron chi connectivity index (χ2n) is 4.93. The van der Waals surface area contributed by atoms with Crippen LogP contribution in [0, 0.1) is 0 Å². The van der Waals surface area contributed by atoms with Crippen LogP contribution in [0.15, 0.2) is 24.3 Å². The maximum absolute atomic E-state index is 6.10. The van der Waals surface area contributed by atoms with Crippen LogP contribution in [0.5, 0.6) is 0 Å². The van der Waals surface area contributed by atoms with Crippen molar-refractivity contribution in [2.45, 2.75) is 52.5 Å². The Bertz CT molecular complexity index is 336. The molecule has 0 heterocycles. The zero-order chi connectivity index (χ0) is 13.4. The van der Waals surface area contributed by atoms with E-state index in [0.29, 0.717) is 0 Å². The first-order valence-corrected chi connectivity index (χ1v) is 7.31. The third-order valence-corrected chi connectivity index (χ3v) is 3.50. The summed E-state index contributed by atoms with van der Waals surface area (Å²) in [4.78, 5) is 2.47. The second kappa shape index (κ2) is 8.15. The van der Waals surface area contributed by atoms with Crippen LogP contribution in [0.4, 0.5) is 5.69 Å². The summed E-state index contributed by atoms with van der Waals surface area (Å²) in [7, 11) is 0. The Labute approximate surface area is 112 Å². The van der Waals surface area contributed by atoms with Gasteiger partial charge in [-0.15, -0.1) is 0 Å². The molecule has 0 saturated heterocycles. The molecule has 1 rings (SSSR count). The van der Waals surface area contributed by atoms with E-state index in [1.807, 2.05) is 0 Å². The molecule has 2 N–H and O–H groups in total. The molecule has 0 bridgehead atoms. The predicted molar refractivity (Wildman–Crippen MR) is 81.2 cm³/mol. The van der Waals surface area contributed by atoms with Gasteiger partial charge in [0.2, 0.25) is 0 Å². The summed E-state index contributed by atoms with van der Waals surface area (Å²) < 4.78 is 0. The maximum atomic E-state index is 6.10. The Morgan fingerprint density at radius 1 is 1.17 bits per heavy atom. The van der Waals surface area contributed by atoms with Gasteiger partial charge in [-0.3, -0.25) is 0 Å². The SMILES string of the molecule is CCCCN(CC)c1ccccc1CC(N)CC. The van der Waals surface area contributed by atoms with Gasteiger partial charge in [0.05, 0.1) is 0 Å². The van der Waals surface area contributed by atoms with E-state index in [0.717, 1.165) is 25.9 Å². The van der Waals surface area contributed by atoms with Crippen molar-refractivity contribution in [3.8, 4) is 0 Å². The summed E-state index contributed by atoms with van der Waals surface area (Å²) >= 11 is 0. The molecular formula is C16H28N2. The molecule has 1 atom stereocenters. The van der Waals surface area contributed by atoms with Crippen molar-refractivity contribution in [2.24, 2.45) is 5.73 Å². The van der Waals surface area contributed by atoms with Crippen LogP contribution < -0.4 is 10.6 Å². The van der Waals surface area contributed by atoms with Crippen LogP contribution in [-0.2, 0) is 6.42 Å². The van der Waals surface area contributed by atoms with Crippen molar-refractivity contribution >= 4 is 5.69 Å². The molecule has 0 aromatic heterocycles. The molecule has 1 unspecified atom stereocenters. The zero-order valence-corrected chi connectivity index (χ0v) is 12.2. The highest BCUT2D eigenvalue weighted by atomic mass is 15.1. The van der Waals surface area contributed by atoms with Gasteiger partial charge in [-0.05, 0) is 37.8 Å². The van der Waals surface area contributed by atoms with Gasteiger partial charge in [-0.2, -0.15) is 0 Å². The molecule has 1 aromatic carbocycles. The lowest BCUT2D eigenvalue weighted by Gasteiger charge is -2.26. The number of hydrogen-bond acceptors (Lipinski definition) is 2. The smallest absolute Gasteiger partial charge is 0.0399 e. The Hall–Kier alpha value is -1.02. The van der Waals surface area contributed by atoms with Crippen LogP contribution >= 0.6 is 0 Å². The molecule has 0 radical (unpaired) electrons. The topological polar surface area (TPSA) is 29.3 Å². The van der Waals surface area contributed by atoms with Crippen molar-refractivity contribution in [2.75, 3.05) is 18.0 Å². The number of nitrogens with zero attached hydrogens (tertiary/aromatic N) is 1. The normalized spacial score (nSPS) is 12.4. The minimum Gasteiger partial charge on any atom is -0.372 e. The fourth-order valence-corrected chi connectivity index (χ4v) is 2.22. The van der Waals surface area contributed by atoms with Crippen molar-refractivity contribution in [1.82, 2.24) is 0 Å². The maximum Gasteiger partial charge on any atom is 0.0399 e. The number of hydrogen-bond donors (Lipinski definition) is 1. The first-order chi connectivity index (χ1) is 8.72. The summed E-state index contributed by atoms with van der Waals surface area (Å²) in [5, 5.41) is 0. The molecule has 0 saturated carbocycles. The molecule has 0 spiro atoms. The first kappa shape index (κ1) is 15.0. The molecule has 0 aliphatic rings. The summed E-state index contributed by atoms with van der Waals surface area (Å²) in [6.07, 6.45) is 4.51. The van der Waals surface area contributed by atoms with Gasteiger partial charge >= 0.3 is 0 Å². The number of anilines is 1. The molecule has 0 amide bonds. The molecule has 2 heteroatoms. The van der Waals surface area contributed by atoms with Crippen molar-refractivity contribution in [3.05, 3.63) is 29.8 Å². The van der Waals surface area contributed by atoms with Crippen LogP contribution in [0.25, 0.3) is 0 Å². The zero-order valence-electron chi connectivity index (χ0n) is 12.2. The highest BCUT2D eigenvalue weighted by Crippen LogP contribution is 2.22. The van der Waals surface area contributed by atoms with Crippen LogP contribution in [0.2, 0.25) is 0 Å². The van der Waals surface area contributed by atoms with Crippen LogP contribution in [0.1, 0.15) is 45.6 Å². The van der Waals surface area contributed by atoms with E-state index in [9.17, 15) is 0 Å². The van der Waals surface area contributed by atoms with E-state index in [4.69, 9.17) is 5.73 Å². The Kier molecular flexibility index (Phi) is 6.81. The van der Waals surface area contributed by atoms with E-state index in [2.05, 4.69) is 49.9 Å². The van der Waals surface area contributed by atoms with Crippen LogP contribution in [-0.4, -0.2) is 19.1 Å². The van der Waals surface area contributed by atoms with Crippen molar-refractivity contribution in [1.29, 1.82) is 0 Å². The fourth-order valence-electron chi connectivity index (χ4n) is 2.22. The minimum absolute atomic E-state index is 0.274. The summed E-state index contributed by atoms with van der Waals surface area (Å²) in [6, 6.07) is 8.98. The standard InChI is InChI=1S/C16H28N2/c1-4-7-12-18(6-3)16-11-9-8-10-14(16)13-15(17)5-2/h8-11,15H,4-7,12-13,17H2,1-3H3. The average molecular weight is 248 g/mol. The molecule has 2 nitrogen and oxygen atoms in total. The third-order valence-electron chi connectivity index (χ3n) is 3.50. The number of para-hydroxylation sites is 1. The lowest BCUT2D eigenvalue weighted by molar-refractivity contribution is 0.642. The minimum atomic E-state index is 0.274. The summed E-state index contributed by atoms with van der Waals surface area (Å²) in [6.45, 7) is 8.84. The fraction of sp³-hybridized carbons (Fsp3) is 0.625. The third kappa shape index (κ3) is 4.34. The van der Waals surface area contributed by atoms with Gasteiger partial charge < -0.3 is 10.6 Å². The number of unbranched alkanes of at least 4 members (excludes halogenated alkanes) is 1. The molecule has 1 aromatic rings. The number of rotatable bonds is 8. The average Bonchev–Trinajstić information content (AvgIpc) is 2.41. The predicted octanol–water partition coefficient (Wildman–Crippen LogP) is 3.59. The van der Waals surface area contributed by atoms with Crippen molar-refractivity contribution < 1.29 is 0 Å². The summed E-state index contributed by atoms with van der Waals surface area (Å²) in [5.41, 5.74) is 8.86. The number of benzene rings is 1.